The summed E-state index contributed by atoms with van der Waals surface area (Å²) < 4.78 is 1.10. The first-order valence-corrected chi connectivity index (χ1v) is 6.27. The lowest BCUT2D eigenvalue weighted by Crippen LogP contribution is -2.22. The molecule has 1 heterocycles. The zero-order valence-electron chi connectivity index (χ0n) is 9.61. The molecule has 3 heteroatoms. The lowest BCUT2D eigenvalue weighted by molar-refractivity contribution is -0.117. The molecule has 1 fully saturated rings. The van der Waals surface area contributed by atoms with Crippen LogP contribution in [0.5, 0.6) is 0 Å². The number of rotatable bonds is 2. The van der Waals surface area contributed by atoms with E-state index in [2.05, 4.69) is 54.0 Å². The van der Waals surface area contributed by atoms with E-state index in [-0.39, 0.29) is 5.41 Å². The molecule has 0 saturated carbocycles. The van der Waals surface area contributed by atoms with E-state index in [1.165, 1.54) is 5.56 Å². The summed E-state index contributed by atoms with van der Waals surface area (Å²) in [6.07, 6.45) is 0.959. The zero-order chi connectivity index (χ0) is 11.8. The minimum Gasteiger partial charge on any atom is -0.344 e. The summed E-state index contributed by atoms with van der Waals surface area (Å²) in [6, 6.07) is 8.42. The summed E-state index contributed by atoms with van der Waals surface area (Å²) in [5, 5.41) is 0. The van der Waals surface area contributed by atoms with Gasteiger partial charge in [-0.3, -0.25) is 4.79 Å². The smallest absolute Gasteiger partial charge is 0.209 e. The molecule has 0 radical (unpaired) electrons. The SMILES string of the molecule is CC1(C)CN(C=O)C[C@H]1c1ccc(Br)cc1. The van der Waals surface area contributed by atoms with Gasteiger partial charge in [0.15, 0.2) is 0 Å². The molecular weight excluding hydrogens is 266 g/mol. The van der Waals surface area contributed by atoms with Gasteiger partial charge in [-0.05, 0) is 23.1 Å². The average molecular weight is 282 g/mol. The Morgan fingerprint density at radius 2 is 2.00 bits per heavy atom. The van der Waals surface area contributed by atoms with Crippen molar-refractivity contribution < 1.29 is 4.79 Å². The Morgan fingerprint density at radius 1 is 1.38 bits per heavy atom. The summed E-state index contributed by atoms with van der Waals surface area (Å²) in [5.74, 6) is 0.436. The number of nitrogens with zero attached hydrogens (tertiary/aromatic N) is 1. The Kier molecular flexibility index (Phi) is 3.06. The summed E-state index contributed by atoms with van der Waals surface area (Å²) in [4.78, 5) is 12.7. The molecule has 1 saturated heterocycles. The molecule has 0 N–H and O–H groups in total. The van der Waals surface area contributed by atoms with Gasteiger partial charge in [0, 0.05) is 23.5 Å². The van der Waals surface area contributed by atoms with Gasteiger partial charge < -0.3 is 4.90 Å². The molecule has 0 aromatic heterocycles. The maximum Gasteiger partial charge on any atom is 0.209 e. The van der Waals surface area contributed by atoms with Crippen LogP contribution in [0.15, 0.2) is 28.7 Å². The third kappa shape index (κ3) is 2.14. The van der Waals surface area contributed by atoms with E-state index < -0.39 is 0 Å². The highest BCUT2D eigenvalue weighted by molar-refractivity contribution is 9.10. The van der Waals surface area contributed by atoms with Crippen LogP contribution in [0.2, 0.25) is 0 Å². The van der Waals surface area contributed by atoms with Crippen molar-refractivity contribution in [1.82, 2.24) is 4.90 Å². The van der Waals surface area contributed by atoms with Gasteiger partial charge in [-0.2, -0.15) is 0 Å². The van der Waals surface area contributed by atoms with E-state index in [1.54, 1.807) is 0 Å². The van der Waals surface area contributed by atoms with Crippen molar-refractivity contribution in [2.24, 2.45) is 5.41 Å². The van der Waals surface area contributed by atoms with Crippen LogP contribution in [0.1, 0.15) is 25.3 Å². The number of hydrogen-bond donors (Lipinski definition) is 0. The first-order valence-electron chi connectivity index (χ1n) is 5.48. The molecule has 0 spiro atoms. The summed E-state index contributed by atoms with van der Waals surface area (Å²) in [7, 11) is 0. The van der Waals surface area contributed by atoms with Gasteiger partial charge >= 0.3 is 0 Å². The predicted octanol–water partition coefficient (Wildman–Crippen LogP) is 3.03. The average Bonchev–Trinajstić information content (AvgIpc) is 2.55. The molecule has 2 rings (SSSR count). The second-order valence-corrected chi connectivity index (χ2v) is 6.04. The van der Waals surface area contributed by atoms with Crippen LogP contribution in [0, 0.1) is 5.41 Å². The van der Waals surface area contributed by atoms with Crippen LogP contribution in [0.3, 0.4) is 0 Å². The first kappa shape index (κ1) is 11.6. The second kappa shape index (κ2) is 4.21. The number of halogens is 1. The van der Waals surface area contributed by atoms with Crippen molar-refractivity contribution in [3.05, 3.63) is 34.3 Å². The van der Waals surface area contributed by atoms with Gasteiger partial charge in [0.2, 0.25) is 6.41 Å². The first-order chi connectivity index (χ1) is 7.53. The van der Waals surface area contributed by atoms with Crippen molar-refractivity contribution in [1.29, 1.82) is 0 Å². The monoisotopic (exact) mass is 281 g/mol. The summed E-state index contributed by atoms with van der Waals surface area (Å²) in [6.45, 7) is 6.13. The van der Waals surface area contributed by atoms with Crippen LogP contribution in [-0.2, 0) is 4.79 Å². The van der Waals surface area contributed by atoms with E-state index in [9.17, 15) is 4.79 Å². The number of amides is 1. The third-order valence-corrected chi connectivity index (χ3v) is 3.92. The molecule has 1 aromatic rings. The Hall–Kier alpha value is -0.830. The fourth-order valence-electron chi connectivity index (χ4n) is 2.51. The lowest BCUT2D eigenvalue weighted by Gasteiger charge is -2.25. The number of hydrogen-bond acceptors (Lipinski definition) is 1. The Balaban J connectivity index is 2.27. The number of benzene rings is 1. The topological polar surface area (TPSA) is 20.3 Å². The van der Waals surface area contributed by atoms with Crippen molar-refractivity contribution in [2.75, 3.05) is 13.1 Å². The lowest BCUT2D eigenvalue weighted by atomic mass is 9.78. The maximum atomic E-state index is 10.8. The Morgan fingerprint density at radius 3 is 2.50 bits per heavy atom. The highest BCUT2D eigenvalue weighted by Gasteiger charge is 2.39. The van der Waals surface area contributed by atoms with Crippen molar-refractivity contribution in [3.63, 3.8) is 0 Å². The van der Waals surface area contributed by atoms with Crippen molar-refractivity contribution >= 4 is 22.3 Å². The molecule has 0 aliphatic carbocycles. The number of carbonyl (C=O) groups excluding carboxylic acids is 1. The van der Waals surface area contributed by atoms with E-state index in [1.807, 2.05) is 4.90 Å². The molecular formula is C13H16BrNO. The largest absolute Gasteiger partial charge is 0.344 e. The molecule has 1 atom stereocenters. The van der Waals surface area contributed by atoms with Crippen LogP contribution in [0.4, 0.5) is 0 Å². The zero-order valence-corrected chi connectivity index (χ0v) is 11.2. The minimum absolute atomic E-state index is 0.161. The van der Waals surface area contributed by atoms with Crippen LogP contribution in [-0.4, -0.2) is 24.4 Å². The maximum absolute atomic E-state index is 10.8. The standard InChI is InChI=1S/C13H16BrNO/c1-13(2)8-15(9-16)7-12(13)10-3-5-11(14)6-4-10/h3-6,9,12H,7-8H2,1-2H3/t12-/m0/s1. The quantitative estimate of drug-likeness (QED) is 0.763. The van der Waals surface area contributed by atoms with Crippen molar-refractivity contribution in [2.45, 2.75) is 19.8 Å². The normalized spacial score (nSPS) is 23.4. The molecule has 0 bridgehead atoms. The van der Waals surface area contributed by atoms with Gasteiger partial charge in [0.25, 0.3) is 0 Å². The number of likely N-dealkylation sites (tertiary alicyclic amines) is 1. The molecule has 1 aliphatic heterocycles. The Bertz CT molecular complexity index is 385. The van der Waals surface area contributed by atoms with Gasteiger partial charge in [0.1, 0.15) is 0 Å². The molecule has 1 aromatic carbocycles. The summed E-state index contributed by atoms with van der Waals surface area (Å²) in [5.41, 5.74) is 1.48. The summed E-state index contributed by atoms with van der Waals surface area (Å²) >= 11 is 3.44. The fraction of sp³-hybridized carbons (Fsp3) is 0.462. The fourth-order valence-corrected chi connectivity index (χ4v) is 2.78. The van der Waals surface area contributed by atoms with E-state index >= 15 is 0 Å². The molecule has 16 heavy (non-hydrogen) atoms. The minimum atomic E-state index is 0.161. The highest BCUT2D eigenvalue weighted by Crippen LogP contribution is 2.41. The molecule has 0 unspecified atom stereocenters. The van der Waals surface area contributed by atoms with Crippen LogP contribution >= 0.6 is 15.9 Å². The Labute approximate surface area is 105 Å². The van der Waals surface area contributed by atoms with Gasteiger partial charge in [-0.1, -0.05) is 41.9 Å². The molecule has 1 amide bonds. The molecule has 86 valence electrons. The highest BCUT2D eigenvalue weighted by atomic mass is 79.9. The molecule has 1 aliphatic rings. The third-order valence-electron chi connectivity index (χ3n) is 3.39. The van der Waals surface area contributed by atoms with E-state index in [0.29, 0.717) is 5.92 Å². The van der Waals surface area contributed by atoms with Crippen LogP contribution < -0.4 is 0 Å². The van der Waals surface area contributed by atoms with Gasteiger partial charge in [-0.25, -0.2) is 0 Å². The van der Waals surface area contributed by atoms with E-state index in [0.717, 1.165) is 24.0 Å². The van der Waals surface area contributed by atoms with Crippen LogP contribution in [0.25, 0.3) is 0 Å². The van der Waals surface area contributed by atoms with Gasteiger partial charge in [0.05, 0.1) is 0 Å². The second-order valence-electron chi connectivity index (χ2n) is 5.13. The predicted molar refractivity (Wildman–Crippen MR) is 68.3 cm³/mol. The van der Waals surface area contributed by atoms with E-state index in [4.69, 9.17) is 0 Å². The molecule has 2 nitrogen and oxygen atoms in total. The van der Waals surface area contributed by atoms with Crippen molar-refractivity contribution in [3.8, 4) is 0 Å². The van der Waals surface area contributed by atoms with Gasteiger partial charge in [-0.15, -0.1) is 0 Å². The number of carbonyl (C=O) groups is 1.